The number of thiophene rings is 1. The molecule has 2 nitrogen and oxygen atoms in total. The van der Waals surface area contributed by atoms with E-state index in [1.54, 1.807) is 17.4 Å². The number of fused-ring (bicyclic) bond motifs is 1. The molecule has 0 bridgehead atoms. The van der Waals surface area contributed by atoms with Crippen molar-refractivity contribution in [1.82, 2.24) is 9.55 Å². The van der Waals surface area contributed by atoms with Crippen LogP contribution in [0.3, 0.4) is 0 Å². The molecule has 21 heavy (non-hydrogen) atoms. The van der Waals surface area contributed by atoms with Gasteiger partial charge in [-0.3, -0.25) is 0 Å². The van der Waals surface area contributed by atoms with Crippen molar-refractivity contribution < 1.29 is 4.39 Å². The zero-order chi connectivity index (χ0) is 15.0. The predicted octanol–water partition coefficient (Wildman–Crippen LogP) is 5.14. The third-order valence-corrected chi connectivity index (χ3v) is 5.08. The second kappa shape index (κ2) is 6.07. The highest BCUT2D eigenvalue weighted by Crippen LogP contribution is 2.26. The van der Waals surface area contributed by atoms with E-state index < -0.39 is 0 Å². The fourth-order valence-corrected chi connectivity index (χ4v) is 3.73. The van der Waals surface area contributed by atoms with E-state index in [9.17, 15) is 4.39 Å². The van der Waals surface area contributed by atoms with Crippen LogP contribution in [0.15, 0.2) is 28.7 Å². The van der Waals surface area contributed by atoms with Gasteiger partial charge in [-0.15, -0.1) is 22.9 Å². The summed E-state index contributed by atoms with van der Waals surface area (Å²) in [6, 6.07) is 7.45. The van der Waals surface area contributed by atoms with Crippen LogP contribution < -0.4 is 0 Å². The van der Waals surface area contributed by atoms with E-state index >= 15 is 0 Å². The van der Waals surface area contributed by atoms with Gasteiger partial charge in [0.15, 0.2) is 0 Å². The Bertz CT molecular complexity index is 796. The van der Waals surface area contributed by atoms with Crippen molar-refractivity contribution in [2.45, 2.75) is 19.9 Å². The first kappa shape index (κ1) is 15.0. The lowest BCUT2D eigenvalue weighted by Gasteiger charge is -2.07. The summed E-state index contributed by atoms with van der Waals surface area (Å²) in [5.74, 6) is 1.11. The molecule has 3 aromatic rings. The Balaban J connectivity index is 2.12. The molecule has 0 atom stereocenters. The molecule has 0 saturated heterocycles. The molecular formula is C15H13BrClFN2S. The highest BCUT2D eigenvalue weighted by atomic mass is 79.9. The Hall–Kier alpha value is -0.910. The topological polar surface area (TPSA) is 17.8 Å². The Kier molecular flexibility index (Phi) is 4.33. The van der Waals surface area contributed by atoms with Crippen molar-refractivity contribution in [1.29, 1.82) is 0 Å². The summed E-state index contributed by atoms with van der Waals surface area (Å²) >= 11 is 10.8. The molecule has 0 saturated carbocycles. The standard InChI is InChI=1S/C15H13BrClFN2S/c1-9-2-3-10(21-9)8-20-14-7-12(18)11(16)6-13(14)19-15(20)4-5-17/h2-3,6-7H,4-5,8H2,1H3. The van der Waals surface area contributed by atoms with Crippen LogP contribution in [0.4, 0.5) is 4.39 Å². The molecule has 0 unspecified atom stereocenters. The molecule has 2 heterocycles. The normalized spacial score (nSPS) is 11.4. The maximum absolute atomic E-state index is 13.9. The molecule has 0 N–H and O–H groups in total. The molecule has 2 aromatic heterocycles. The number of aryl methyl sites for hydroxylation is 2. The largest absolute Gasteiger partial charge is 0.323 e. The summed E-state index contributed by atoms with van der Waals surface area (Å²) in [4.78, 5) is 7.09. The Morgan fingerprint density at radius 2 is 2.19 bits per heavy atom. The van der Waals surface area contributed by atoms with E-state index in [1.807, 2.05) is 0 Å². The lowest BCUT2D eigenvalue weighted by Crippen LogP contribution is -2.05. The van der Waals surface area contributed by atoms with Crippen LogP contribution in [0, 0.1) is 12.7 Å². The molecule has 0 spiro atoms. The number of alkyl halides is 1. The molecule has 6 heteroatoms. The van der Waals surface area contributed by atoms with E-state index in [0.29, 0.717) is 23.3 Å². The summed E-state index contributed by atoms with van der Waals surface area (Å²) in [7, 11) is 0. The van der Waals surface area contributed by atoms with Crippen LogP contribution in [0.2, 0.25) is 0 Å². The number of aromatic nitrogens is 2. The average Bonchev–Trinajstić information content (AvgIpc) is 2.97. The van der Waals surface area contributed by atoms with Gasteiger partial charge in [0, 0.05) is 28.1 Å². The summed E-state index contributed by atoms with van der Waals surface area (Å²) in [5.41, 5.74) is 1.60. The highest BCUT2D eigenvalue weighted by Gasteiger charge is 2.14. The van der Waals surface area contributed by atoms with Crippen molar-refractivity contribution in [2.75, 3.05) is 5.88 Å². The zero-order valence-electron chi connectivity index (χ0n) is 11.4. The molecule has 0 aliphatic rings. The van der Waals surface area contributed by atoms with Gasteiger partial charge >= 0.3 is 0 Å². The van der Waals surface area contributed by atoms with Gasteiger partial charge in [0.1, 0.15) is 11.6 Å². The van der Waals surface area contributed by atoms with E-state index in [0.717, 1.165) is 16.9 Å². The number of hydrogen-bond donors (Lipinski definition) is 0. The molecule has 0 amide bonds. The fourth-order valence-electron chi connectivity index (χ4n) is 2.35. The van der Waals surface area contributed by atoms with Crippen molar-refractivity contribution in [3.8, 4) is 0 Å². The van der Waals surface area contributed by atoms with Crippen LogP contribution in [-0.2, 0) is 13.0 Å². The number of hydrogen-bond acceptors (Lipinski definition) is 2. The van der Waals surface area contributed by atoms with Crippen molar-refractivity contribution in [3.63, 3.8) is 0 Å². The van der Waals surface area contributed by atoms with Crippen LogP contribution in [0.1, 0.15) is 15.6 Å². The van der Waals surface area contributed by atoms with Gasteiger partial charge in [0.2, 0.25) is 0 Å². The van der Waals surface area contributed by atoms with E-state index in [4.69, 9.17) is 11.6 Å². The van der Waals surface area contributed by atoms with Gasteiger partial charge in [-0.1, -0.05) is 0 Å². The van der Waals surface area contributed by atoms with E-state index in [-0.39, 0.29) is 5.82 Å². The number of imidazole rings is 1. The van der Waals surface area contributed by atoms with Crippen LogP contribution in [-0.4, -0.2) is 15.4 Å². The summed E-state index contributed by atoms with van der Waals surface area (Å²) in [6.07, 6.45) is 0.666. The van der Waals surface area contributed by atoms with Crippen molar-refractivity contribution >= 4 is 49.9 Å². The molecular weight excluding hydrogens is 375 g/mol. The first-order valence-electron chi connectivity index (χ1n) is 6.54. The number of nitrogens with zero attached hydrogens (tertiary/aromatic N) is 2. The first-order chi connectivity index (χ1) is 10.1. The van der Waals surface area contributed by atoms with Gasteiger partial charge in [-0.2, -0.15) is 0 Å². The molecule has 3 rings (SSSR count). The van der Waals surface area contributed by atoms with Crippen LogP contribution >= 0.6 is 38.9 Å². The fraction of sp³-hybridized carbons (Fsp3) is 0.267. The number of halogens is 3. The lowest BCUT2D eigenvalue weighted by atomic mass is 10.3. The summed E-state index contributed by atoms with van der Waals surface area (Å²) in [6.45, 7) is 2.78. The Morgan fingerprint density at radius 3 is 2.86 bits per heavy atom. The summed E-state index contributed by atoms with van der Waals surface area (Å²) in [5, 5.41) is 0. The van der Waals surface area contributed by atoms with Crippen LogP contribution in [0.25, 0.3) is 11.0 Å². The minimum Gasteiger partial charge on any atom is -0.323 e. The Labute approximate surface area is 139 Å². The molecule has 1 aromatic carbocycles. The second-order valence-corrected chi connectivity index (χ2v) is 7.43. The second-order valence-electron chi connectivity index (χ2n) is 4.82. The predicted molar refractivity (Wildman–Crippen MR) is 90.0 cm³/mol. The van der Waals surface area contributed by atoms with Crippen molar-refractivity contribution in [2.24, 2.45) is 0 Å². The van der Waals surface area contributed by atoms with Gasteiger partial charge in [0.05, 0.1) is 22.1 Å². The monoisotopic (exact) mass is 386 g/mol. The molecule has 0 aliphatic carbocycles. The van der Waals surface area contributed by atoms with Crippen LogP contribution in [0.5, 0.6) is 0 Å². The third-order valence-electron chi connectivity index (χ3n) is 3.30. The van der Waals surface area contributed by atoms with Gasteiger partial charge in [-0.25, -0.2) is 9.37 Å². The molecule has 110 valence electrons. The van der Waals surface area contributed by atoms with E-state index in [1.165, 1.54) is 15.8 Å². The molecule has 0 radical (unpaired) electrons. The van der Waals surface area contributed by atoms with Crippen molar-refractivity contribution in [3.05, 3.63) is 50.1 Å². The third kappa shape index (κ3) is 3.00. The zero-order valence-corrected chi connectivity index (χ0v) is 14.5. The Morgan fingerprint density at radius 1 is 1.38 bits per heavy atom. The van der Waals surface area contributed by atoms with Gasteiger partial charge < -0.3 is 4.57 Å². The quantitative estimate of drug-likeness (QED) is 0.567. The minimum absolute atomic E-state index is 0.275. The summed E-state index contributed by atoms with van der Waals surface area (Å²) < 4.78 is 16.3. The first-order valence-corrected chi connectivity index (χ1v) is 8.68. The number of rotatable bonds is 4. The lowest BCUT2D eigenvalue weighted by molar-refractivity contribution is 0.621. The van der Waals surface area contributed by atoms with Gasteiger partial charge in [-0.05, 0) is 41.1 Å². The maximum atomic E-state index is 13.9. The number of benzene rings is 1. The SMILES string of the molecule is Cc1ccc(Cn2c(CCCl)nc3cc(Br)c(F)cc32)s1. The molecule has 0 fully saturated rings. The van der Waals surface area contributed by atoms with Gasteiger partial charge in [0.25, 0.3) is 0 Å². The highest BCUT2D eigenvalue weighted by molar-refractivity contribution is 9.10. The smallest absolute Gasteiger partial charge is 0.139 e. The average molecular weight is 388 g/mol. The molecule has 0 aliphatic heterocycles. The van der Waals surface area contributed by atoms with E-state index in [2.05, 4.69) is 44.5 Å². The minimum atomic E-state index is -0.275. The maximum Gasteiger partial charge on any atom is 0.139 e.